The molecule has 0 bridgehead atoms. The quantitative estimate of drug-likeness (QED) is 0.907. The van der Waals surface area contributed by atoms with Gasteiger partial charge in [-0.15, -0.1) is 0 Å². The molecule has 2 aliphatic rings. The topological polar surface area (TPSA) is 21.3 Å². The Kier molecular flexibility index (Phi) is 3.55. The summed E-state index contributed by atoms with van der Waals surface area (Å²) in [5.74, 6) is 0.483. The monoisotopic (exact) mass is 269 g/mol. The molecule has 0 aromatic heterocycles. The van der Waals surface area contributed by atoms with E-state index in [-0.39, 0.29) is 5.82 Å². The third-order valence-corrected chi connectivity index (χ3v) is 4.03. The Morgan fingerprint density at radius 2 is 2.17 bits per heavy atom. The van der Waals surface area contributed by atoms with Crippen molar-refractivity contribution in [2.45, 2.75) is 38.0 Å². The van der Waals surface area contributed by atoms with Crippen molar-refractivity contribution in [3.8, 4) is 0 Å². The zero-order chi connectivity index (χ0) is 12.5. The molecular weight excluding hydrogens is 253 g/mol. The molecule has 1 saturated carbocycles. The van der Waals surface area contributed by atoms with Crippen molar-refractivity contribution in [3.63, 3.8) is 0 Å². The molecule has 1 saturated heterocycles. The predicted molar refractivity (Wildman–Crippen MR) is 69.1 cm³/mol. The molecule has 0 radical (unpaired) electrons. The van der Waals surface area contributed by atoms with Gasteiger partial charge in [0.25, 0.3) is 0 Å². The second-order valence-corrected chi connectivity index (χ2v) is 5.62. The molecule has 18 heavy (non-hydrogen) atoms. The molecule has 2 atom stereocenters. The molecule has 1 aliphatic carbocycles. The van der Waals surface area contributed by atoms with Gasteiger partial charge in [-0.1, -0.05) is 17.7 Å². The molecule has 2 unspecified atom stereocenters. The summed E-state index contributed by atoms with van der Waals surface area (Å²) in [5.41, 5.74) is 0.667. The van der Waals surface area contributed by atoms with Crippen LogP contribution in [0.15, 0.2) is 18.2 Å². The fourth-order valence-electron chi connectivity index (χ4n) is 2.63. The molecule has 1 N–H and O–H groups in total. The summed E-state index contributed by atoms with van der Waals surface area (Å²) < 4.78 is 19.4. The van der Waals surface area contributed by atoms with Gasteiger partial charge in [0.2, 0.25) is 0 Å². The lowest BCUT2D eigenvalue weighted by Crippen LogP contribution is -2.37. The minimum Gasteiger partial charge on any atom is -0.376 e. The number of ether oxygens (including phenoxy) is 1. The van der Waals surface area contributed by atoms with Crippen LogP contribution in [-0.4, -0.2) is 18.8 Å². The second-order valence-electron chi connectivity index (χ2n) is 5.18. The van der Waals surface area contributed by atoms with Gasteiger partial charge in [-0.25, -0.2) is 4.39 Å². The Balaban J connectivity index is 1.60. The van der Waals surface area contributed by atoms with E-state index in [0.717, 1.165) is 18.9 Å². The maximum Gasteiger partial charge on any atom is 0.129 e. The highest BCUT2D eigenvalue weighted by Gasteiger charge is 2.40. The summed E-state index contributed by atoms with van der Waals surface area (Å²) in [6.45, 7) is 1.36. The van der Waals surface area contributed by atoms with E-state index in [1.54, 1.807) is 12.1 Å². The van der Waals surface area contributed by atoms with Gasteiger partial charge in [0.15, 0.2) is 0 Å². The zero-order valence-corrected chi connectivity index (χ0v) is 10.9. The minimum absolute atomic E-state index is 0.239. The lowest BCUT2D eigenvalue weighted by atomic mass is 10.1. The van der Waals surface area contributed by atoms with Gasteiger partial charge in [0, 0.05) is 29.8 Å². The second kappa shape index (κ2) is 5.16. The van der Waals surface area contributed by atoms with E-state index in [4.69, 9.17) is 16.3 Å². The van der Waals surface area contributed by atoms with E-state index in [0.29, 0.717) is 29.3 Å². The molecule has 1 aliphatic heterocycles. The number of benzene rings is 1. The summed E-state index contributed by atoms with van der Waals surface area (Å²) in [6.07, 6.45) is 3.91. The molecule has 3 rings (SSSR count). The standard InChI is InChI=1S/C14H17ClFNO/c15-11-4-3-10(12(16)7-11)8-17-13-5-6-18-14(13)9-1-2-9/h3-4,7,9,13-14,17H,1-2,5-6,8H2. The lowest BCUT2D eigenvalue weighted by Gasteiger charge is -2.19. The van der Waals surface area contributed by atoms with Crippen molar-refractivity contribution in [2.24, 2.45) is 5.92 Å². The van der Waals surface area contributed by atoms with Gasteiger partial charge in [0.05, 0.1) is 6.10 Å². The minimum atomic E-state index is -0.239. The fraction of sp³-hybridized carbons (Fsp3) is 0.571. The maximum atomic E-state index is 13.6. The van der Waals surface area contributed by atoms with Crippen LogP contribution in [0.3, 0.4) is 0 Å². The Morgan fingerprint density at radius 1 is 1.33 bits per heavy atom. The van der Waals surface area contributed by atoms with E-state index in [1.807, 2.05) is 0 Å². The van der Waals surface area contributed by atoms with Gasteiger partial charge in [-0.3, -0.25) is 0 Å². The van der Waals surface area contributed by atoms with Crippen molar-refractivity contribution in [2.75, 3.05) is 6.61 Å². The predicted octanol–water partition coefficient (Wildman–Crippen LogP) is 3.14. The maximum absolute atomic E-state index is 13.6. The lowest BCUT2D eigenvalue weighted by molar-refractivity contribution is 0.0808. The third-order valence-electron chi connectivity index (χ3n) is 3.79. The van der Waals surface area contributed by atoms with E-state index >= 15 is 0 Å². The first-order chi connectivity index (χ1) is 8.74. The van der Waals surface area contributed by atoms with Crippen LogP contribution < -0.4 is 5.32 Å². The van der Waals surface area contributed by atoms with Gasteiger partial charge in [-0.2, -0.15) is 0 Å². The van der Waals surface area contributed by atoms with Crippen LogP contribution in [-0.2, 0) is 11.3 Å². The molecule has 0 spiro atoms. The highest BCUT2D eigenvalue weighted by molar-refractivity contribution is 6.30. The molecule has 2 fully saturated rings. The Labute approximate surface area is 111 Å². The average molecular weight is 270 g/mol. The number of halogens is 2. The normalized spacial score (nSPS) is 27.7. The molecule has 1 heterocycles. The van der Waals surface area contributed by atoms with Crippen molar-refractivity contribution in [1.82, 2.24) is 5.32 Å². The van der Waals surface area contributed by atoms with Crippen molar-refractivity contribution in [1.29, 1.82) is 0 Å². The van der Waals surface area contributed by atoms with Crippen LogP contribution in [0, 0.1) is 11.7 Å². The van der Waals surface area contributed by atoms with Crippen LogP contribution in [0.25, 0.3) is 0 Å². The summed E-state index contributed by atoms with van der Waals surface area (Å²) >= 11 is 5.74. The van der Waals surface area contributed by atoms with Gasteiger partial charge >= 0.3 is 0 Å². The number of hydrogen-bond donors (Lipinski definition) is 1. The van der Waals surface area contributed by atoms with Crippen LogP contribution in [0.4, 0.5) is 4.39 Å². The highest BCUT2D eigenvalue weighted by Crippen LogP contribution is 2.38. The average Bonchev–Trinajstić information content (AvgIpc) is 3.08. The van der Waals surface area contributed by atoms with Crippen molar-refractivity contribution < 1.29 is 9.13 Å². The van der Waals surface area contributed by atoms with Gasteiger partial charge < -0.3 is 10.1 Å². The Morgan fingerprint density at radius 3 is 2.89 bits per heavy atom. The molecule has 2 nitrogen and oxygen atoms in total. The number of rotatable bonds is 4. The largest absolute Gasteiger partial charge is 0.376 e. The molecule has 0 amide bonds. The van der Waals surface area contributed by atoms with Crippen LogP contribution in [0.5, 0.6) is 0 Å². The molecule has 1 aromatic rings. The van der Waals surface area contributed by atoms with E-state index in [2.05, 4.69) is 5.32 Å². The zero-order valence-electron chi connectivity index (χ0n) is 10.2. The smallest absolute Gasteiger partial charge is 0.129 e. The molecule has 98 valence electrons. The SMILES string of the molecule is Fc1cc(Cl)ccc1CNC1CCOC1C1CC1. The summed E-state index contributed by atoms with van der Waals surface area (Å²) in [4.78, 5) is 0. The van der Waals surface area contributed by atoms with Gasteiger partial charge in [-0.05, 0) is 37.3 Å². The first-order valence-electron chi connectivity index (χ1n) is 6.53. The molecule has 4 heteroatoms. The number of hydrogen-bond acceptors (Lipinski definition) is 2. The van der Waals surface area contributed by atoms with Crippen LogP contribution in [0.1, 0.15) is 24.8 Å². The van der Waals surface area contributed by atoms with Crippen LogP contribution >= 0.6 is 11.6 Å². The fourth-order valence-corrected chi connectivity index (χ4v) is 2.78. The number of nitrogens with one attached hydrogen (secondary N) is 1. The first kappa shape index (κ1) is 12.4. The molecule has 1 aromatic carbocycles. The van der Waals surface area contributed by atoms with Crippen molar-refractivity contribution >= 4 is 11.6 Å². The third kappa shape index (κ3) is 2.68. The summed E-state index contributed by atoms with van der Waals surface area (Å²) in [6, 6.07) is 5.20. The van der Waals surface area contributed by atoms with E-state index in [9.17, 15) is 4.39 Å². The Hall–Kier alpha value is -0.640. The van der Waals surface area contributed by atoms with Crippen molar-refractivity contribution in [3.05, 3.63) is 34.6 Å². The summed E-state index contributed by atoms with van der Waals surface area (Å²) in [5, 5.41) is 3.86. The summed E-state index contributed by atoms with van der Waals surface area (Å²) in [7, 11) is 0. The van der Waals surface area contributed by atoms with Gasteiger partial charge in [0.1, 0.15) is 5.82 Å². The first-order valence-corrected chi connectivity index (χ1v) is 6.91. The van der Waals surface area contributed by atoms with E-state index in [1.165, 1.54) is 18.9 Å². The molecular formula is C14H17ClFNO. The van der Waals surface area contributed by atoms with Crippen LogP contribution in [0.2, 0.25) is 5.02 Å². The Bertz CT molecular complexity index is 436. The van der Waals surface area contributed by atoms with E-state index < -0.39 is 0 Å². The highest BCUT2D eigenvalue weighted by atomic mass is 35.5.